The molecule has 0 unspecified atom stereocenters. The van der Waals surface area contributed by atoms with Crippen LogP contribution < -0.4 is 5.32 Å². The zero-order valence-electron chi connectivity index (χ0n) is 10.7. The Morgan fingerprint density at radius 1 is 1.39 bits per heavy atom. The van der Waals surface area contributed by atoms with Crippen LogP contribution in [0.5, 0.6) is 0 Å². The lowest BCUT2D eigenvalue weighted by atomic mass is 10.1. The van der Waals surface area contributed by atoms with Gasteiger partial charge in [-0.05, 0) is 18.9 Å². The molecule has 0 saturated heterocycles. The van der Waals surface area contributed by atoms with Crippen molar-refractivity contribution in [3.63, 3.8) is 0 Å². The van der Waals surface area contributed by atoms with Crippen LogP contribution in [-0.4, -0.2) is 15.7 Å². The Balaban J connectivity index is 1.87. The highest BCUT2D eigenvalue weighted by Crippen LogP contribution is 2.08. The normalized spacial score (nSPS) is 10.3. The molecule has 0 aliphatic heterocycles. The number of aryl methyl sites for hydroxylation is 3. The lowest BCUT2D eigenvalue weighted by Gasteiger charge is -2.05. The predicted octanol–water partition coefficient (Wildman–Crippen LogP) is 2.30. The fourth-order valence-corrected chi connectivity index (χ4v) is 1.83. The first-order chi connectivity index (χ1) is 8.65. The third-order valence-electron chi connectivity index (χ3n) is 2.81. The van der Waals surface area contributed by atoms with Gasteiger partial charge in [0.25, 0.3) is 0 Å². The summed E-state index contributed by atoms with van der Waals surface area (Å²) >= 11 is 0. The number of hydrogen-bond acceptors (Lipinski definition) is 2. The Labute approximate surface area is 107 Å². The fourth-order valence-electron chi connectivity index (χ4n) is 1.83. The van der Waals surface area contributed by atoms with Crippen molar-refractivity contribution >= 4 is 11.7 Å². The molecule has 0 aliphatic carbocycles. The molecule has 1 aromatic heterocycles. The number of nitrogens with one attached hydrogen (secondary N) is 1. The van der Waals surface area contributed by atoms with E-state index in [-0.39, 0.29) is 5.91 Å². The van der Waals surface area contributed by atoms with Gasteiger partial charge in [-0.2, -0.15) is 5.10 Å². The lowest BCUT2D eigenvalue weighted by molar-refractivity contribution is -0.116. The van der Waals surface area contributed by atoms with Gasteiger partial charge < -0.3 is 5.32 Å². The number of nitrogens with zero attached hydrogens (tertiary/aromatic N) is 2. The molecule has 94 valence electrons. The van der Waals surface area contributed by atoms with Crippen LogP contribution in [0.2, 0.25) is 0 Å². The number of carbonyl (C=O) groups excluding carboxylic acids is 1. The summed E-state index contributed by atoms with van der Waals surface area (Å²) in [5, 5.41) is 6.84. The smallest absolute Gasteiger partial charge is 0.225 e. The van der Waals surface area contributed by atoms with Crippen LogP contribution in [0.4, 0.5) is 5.82 Å². The summed E-state index contributed by atoms with van der Waals surface area (Å²) in [6.07, 6.45) is 2.90. The largest absolute Gasteiger partial charge is 0.311 e. The van der Waals surface area contributed by atoms with Crippen molar-refractivity contribution in [3.05, 3.63) is 47.7 Å². The Bertz CT molecular complexity index is 545. The topological polar surface area (TPSA) is 46.9 Å². The van der Waals surface area contributed by atoms with Crippen molar-refractivity contribution in [2.75, 3.05) is 5.32 Å². The molecule has 18 heavy (non-hydrogen) atoms. The standard InChI is InChI=1S/C14H17N3O/c1-11-4-3-5-12(10-11)6-7-14(18)16-13-8-9-15-17(13)2/h3-5,8-10H,6-7H2,1-2H3,(H,16,18). The molecule has 1 aromatic carbocycles. The molecule has 2 aromatic rings. The van der Waals surface area contributed by atoms with E-state index in [2.05, 4.69) is 29.5 Å². The third kappa shape index (κ3) is 3.20. The Morgan fingerprint density at radius 3 is 2.89 bits per heavy atom. The molecule has 0 bridgehead atoms. The Hall–Kier alpha value is -2.10. The summed E-state index contributed by atoms with van der Waals surface area (Å²) in [5.41, 5.74) is 2.41. The number of benzene rings is 1. The second-order valence-corrected chi connectivity index (χ2v) is 4.38. The minimum absolute atomic E-state index is 0.0140. The van der Waals surface area contributed by atoms with Crippen LogP contribution in [0.3, 0.4) is 0 Å². The molecule has 4 nitrogen and oxygen atoms in total. The summed E-state index contributed by atoms with van der Waals surface area (Å²) in [6, 6.07) is 10.0. The summed E-state index contributed by atoms with van der Waals surface area (Å²) in [7, 11) is 1.80. The minimum atomic E-state index is 0.0140. The number of carbonyl (C=O) groups is 1. The Kier molecular flexibility index (Phi) is 3.77. The van der Waals surface area contributed by atoms with Gasteiger partial charge in [0.05, 0.1) is 6.20 Å². The van der Waals surface area contributed by atoms with Gasteiger partial charge in [0.2, 0.25) is 5.91 Å². The van der Waals surface area contributed by atoms with Crippen LogP contribution in [0.25, 0.3) is 0 Å². The average Bonchev–Trinajstić information content (AvgIpc) is 2.73. The number of amides is 1. The zero-order chi connectivity index (χ0) is 13.0. The molecule has 1 amide bonds. The summed E-state index contributed by atoms with van der Waals surface area (Å²) < 4.78 is 1.64. The van der Waals surface area contributed by atoms with E-state index < -0.39 is 0 Å². The first-order valence-corrected chi connectivity index (χ1v) is 5.98. The summed E-state index contributed by atoms with van der Waals surface area (Å²) in [4.78, 5) is 11.8. The molecule has 2 rings (SSSR count). The van der Waals surface area contributed by atoms with E-state index in [4.69, 9.17) is 0 Å². The van der Waals surface area contributed by atoms with Gasteiger partial charge in [-0.1, -0.05) is 29.8 Å². The van der Waals surface area contributed by atoms with E-state index in [0.717, 1.165) is 12.2 Å². The molecule has 0 aliphatic rings. The number of rotatable bonds is 4. The third-order valence-corrected chi connectivity index (χ3v) is 2.81. The fraction of sp³-hybridized carbons (Fsp3) is 0.286. The van der Waals surface area contributed by atoms with E-state index in [1.807, 2.05) is 12.1 Å². The lowest BCUT2D eigenvalue weighted by Crippen LogP contribution is -2.14. The van der Waals surface area contributed by atoms with Crippen molar-refractivity contribution in [1.82, 2.24) is 9.78 Å². The SMILES string of the molecule is Cc1cccc(CCC(=O)Nc2ccnn2C)c1. The highest BCUT2D eigenvalue weighted by molar-refractivity contribution is 5.89. The van der Waals surface area contributed by atoms with Gasteiger partial charge in [-0.3, -0.25) is 9.48 Å². The number of hydrogen-bond donors (Lipinski definition) is 1. The summed E-state index contributed by atoms with van der Waals surface area (Å²) in [5.74, 6) is 0.740. The molecular weight excluding hydrogens is 226 g/mol. The van der Waals surface area contributed by atoms with Crippen molar-refractivity contribution in [3.8, 4) is 0 Å². The van der Waals surface area contributed by atoms with E-state index >= 15 is 0 Å². The second-order valence-electron chi connectivity index (χ2n) is 4.38. The van der Waals surface area contributed by atoms with E-state index in [0.29, 0.717) is 6.42 Å². The zero-order valence-corrected chi connectivity index (χ0v) is 10.7. The highest BCUT2D eigenvalue weighted by Gasteiger charge is 2.05. The minimum Gasteiger partial charge on any atom is -0.311 e. The van der Waals surface area contributed by atoms with Crippen molar-refractivity contribution in [1.29, 1.82) is 0 Å². The molecule has 0 fully saturated rings. The molecule has 0 atom stereocenters. The van der Waals surface area contributed by atoms with Crippen LogP contribution in [0.15, 0.2) is 36.5 Å². The molecular formula is C14H17N3O. The quantitative estimate of drug-likeness (QED) is 0.895. The van der Waals surface area contributed by atoms with Gasteiger partial charge in [0, 0.05) is 19.5 Å². The van der Waals surface area contributed by atoms with Gasteiger partial charge in [0.1, 0.15) is 5.82 Å². The van der Waals surface area contributed by atoms with Crippen molar-refractivity contribution < 1.29 is 4.79 Å². The molecule has 0 spiro atoms. The maximum atomic E-state index is 11.8. The van der Waals surface area contributed by atoms with E-state index in [9.17, 15) is 4.79 Å². The first kappa shape index (κ1) is 12.4. The van der Waals surface area contributed by atoms with Crippen LogP contribution in [-0.2, 0) is 18.3 Å². The second kappa shape index (κ2) is 5.49. The van der Waals surface area contributed by atoms with Gasteiger partial charge in [-0.25, -0.2) is 0 Å². The van der Waals surface area contributed by atoms with Crippen molar-refractivity contribution in [2.24, 2.45) is 7.05 Å². The van der Waals surface area contributed by atoms with Crippen LogP contribution in [0, 0.1) is 6.92 Å². The molecule has 1 heterocycles. The summed E-state index contributed by atoms with van der Waals surface area (Å²) in [6.45, 7) is 2.05. The van der Waals surface area contributed by atoms with E-state index in [1.54, 1.807) is 24.0 Å². The van der Waals surface area contributed by atoms with Crippen LogP contribution in [0.1, 0.15) is 17.5 Å². The van der Waals surface area contributed by atoms with Gasteiger partial charge in [-0.15, -0.1) is 0 Å². The number of anilines is 1. The maximum Gasteiger partial charge on any atom is 0.225 e. The Morgan fingerprint density at radius 2 is 2.22 bits per heavy atom. The monoisotopic (exact) mass is 243 g/mol. The molecule has 0 radical (unpaired) electrons. The predicted molar refractivity (Wildman–Crippen MR) is 71.3 cm³/mol. The highest BCUT2D eigenvalue weighted by atomic mass is 16.1. The first-order valence-electron chi connectivity index (χ1n) is 5.98. The maximum absolute atomic E-state index is 11.8. The number of aromatic nitrogens is 2. The molecule has 4 heteroatoms. The van der Waals surface area contributed by atoms with Gasteiger partial charge >= 0.3 is 0 Å². The van der Waals surface area contributed by atoms with Crippen molar-refractivity contribution in [2.45, 2.75) is 19.8 Å². The average molecular weight is 243 g/mol. The molecule has 0 saturated carbocycles. The van der Waals surface area contributed by atoms with Gasteiger partial charge in [0.15, 0.2) is 0 Å². The van der Waals surface area contributed by atoms with Crippen LogP contribution >= 0.6 is 0 Å². The molecule has 1 N–H and O–H groups in total. The van der Waals surface area contributed by atoms with E-state index in [1.165, 1.54) is 11.1 Å².